The molecule has 1 aromatic heterocycles. The number of aromatic nitrogens is 2. The second kappa shape index (κ2) is 4.91. The van der Waals surface area contributed by atoms with Crippen LogP contribution in [0.4, 0.5) is 0 Å². The molecule has 0 saturated carbocycles. The minimum atomic E-state index is -0.551. The summed E-state index contributed by atoms with van der Waals surface area (Å²) in [7, 11) is 1.57. The van der Waals surface area contributed by atoms with E-state index < -0.39 is 11.1 Å². The van der Waals surface area contributed by atoms with Crippen LogP contribution in [0, 0.1) is 0 Å². The van der Waals surface area contributed by atoms with Gasteiger partial charge >= 0.3 is 11.1 Å². The molecule has 5 heteroatoms. The average Bonchev–Trinajstić information content (AvgIpc) is 2.42. The lowest BCUT2D eigenvalue weighted by molar-refractivity contribution is 0.414. The standard InChI is InChI=1S/C13H14N2O3/c1-3-14-8-9-15(13(17)12(14)16)10-4-6-11(18-2)7-5-10/h4-9H,3H2,1-2H3. The zero-order chi connectivity index (χ0) is 13.1. The summed E-state index contributed by atoms with van der Waals surface area (Å²) in [4.78, 5) is 23.6. The zero-order valence-corrected chi connectivity index (χ0v) is 10.3. The SMILES string of the molecule is CCn1ccn(-c2ccc(OC)cc2)c(=O)c1=O. The number of hydrogen-bond acceptors (Lipinski definition) is 3. The van der Waals surface area contributed by atoms with E-state index in [0.29, 0.717) is 18.0 Å². The van der Waals surface area contributed by atoms with Crippen LogP contribution in [-0.2, 0) is 6.54 Å². The number of aryl methyl sites for hydroxylation is 1. The molecule has 5 nitrogen and oxygen atoms in total. The van der Waals surface area contributed by atoms with Crippen LogP contribution in [-0.4, -0.2) is 16.2 Å². The van der Waals surface area contributed by atoms with Crippen molar-refractivity contribution >= 4 is 0 Å². The second-order valence-electron chi connectivity index (χ2n) is 3.76. The van der Waals surface area contributed by atoms with Crippen molar-refractivity contribution in [2.24, 2.45) is 0 Å². The summed E-state index contributed by atoms with van der Waals surface area (Å²) in [6.07, 6.45) is 3.20. The van der Waals surface area contributed by atoms with Gasteiger partial charge in [-0.15, -0.1) is 0 Å². The fraction of sp³-hybridized carbons (Fsp3) is 0.231. The van der Waals surface area contributed by atoms with Crippen molar-refractivity contribution in [1.82, 2.24) is 9.13 Å². The first-order chi connectivity index (χ1) is 8.67. The first-order valence-electron chi connectivity index (χ1n) is 5.64. The molecule has 1 aromatic carbocycles. The van der Waals surface area contributed by atoms with E-state index in [4.69, 9.17) is 4.74 Å². The summed E-state index contributed by atoms with van der Waals surface area (Å²) in [5, 5.41) is 0. The molecule has 1 heterocycles. The zero-order valence-electron chi connectivity index (χ0n) is 10.3. The minimum Gasteiger partial charge on any atom is -0.497 e. The van der Waals surface area contributed by atoms with Crippen molar-refractivity contribution in [3.05, 3.63) is 57.4 Å². The number of nitrogens with zero attached hydrogens (tertiary/aromatic N) is 2. The molecule has 0 bridgehead atoms. The van der Waals surface area contributed by atoms with Crippen LogP contribution in [0.2, 0.25) is 0 Å². The third-order valence-corrected chi connectivity index (χ3v) is 2.75. The van der Waals surface area contributed by atoms with E-state index in [9.17, 15) is 9.59 Å². The monoisotopic (exact) mass is 246 g/mol. The van der Waals surface area contributed by atoms with E-state index in [1.165, 1.54) is 9.13 Å². The largest absolute Gasteiger partial charge is 0.497 e. The van der Waals surface area contributed by atoms with E-state index in [-0.39, 0.29) is 0 Å². The molecule has 0 aliphatic rings. The fourth-order valence-corrected chi connectivity index (χ4v) is 1.70. The lowest BCUT2D eigenvalue weighted by atomic mass is 10.3. The Balaban J connectivity index is 2.54. The summed E-state index contributed by atoms with van der Waals surface area (Å²) < 4.78 is 7.75. The highest BCUT2D eigenvalue weighted by atomic mass is 16.5. The summed E-state index contributed by atoms with van der Waals surface area (Å²) in [5.41, 5.74) is -0.429. The molecule has 2 aromatic rings. The molecular formula is C13H14N2O3. The van der Waals surface area contributed by atoms with E-state index in [2.05, 4.69) is 0 Å². The lowest BCUT2D eigenvalue weighted by Crippen LogP contribution is -2.39. The van der Waals surface area contributed by atoms with Crippen LogP contribution in [0.25, 0.3) is 5.69 Å². The average molecular weight is 246 g/mol. The Bertz CT molecular complexity index is 653. The molecule has 0 unspecified atom stereocenters. The van der Waals surface area contributed by atoms with Gasteiger partial charge in [-0.05, 0) is 31.2 Å². The third kappa shape index (κ3) is 2.07. The van der Waals surface area contributed by atoms with Crippen molar-refractivity contribution in [3.8, 4) is 11.4 Å². The van der Waals surface area contributed by atoms with Gasteiger partial charge in [0.2, 0.25) is 0 Å². The number of hydrogen-bond donors (Lipinski definition) is 0. The topological polar surface area (TPSA) is 53.2 Å². The highest BCUT2D eigenvalue weighted by molar-refractivity contribution is 5.37. The smallest absolute Gasteiger partial charge is 0.320 e. The molecule has 0 N–H and O–H groups in total. The summed E-state index contributed by atoms with van der Waals surface area (Å²) >= 11 is 0. The fourth-order valence-electron chi connectivity index (χ4n) is 1.70. The number of rotatable bonds is 3. The van der Waals surface area contributed by atoms with Crippen LogP contribution in [0.15, 0.2) is 46.2 Å². The molecule has 0 radical (unpaired) electrons. The summed E-state index contributed by atoms with van der Waals surface area (Å²) in [6.45, 7) is 2.30. The van der Waals surface area contributed by atoms with E-state index in [1.54, 1.807) is 43.8 Å². The van der Waals surface area contributed by atoms with Crippen LogP contribution in [0.1, 0.15) is 6.92 Å². The Morgan fingerprint density at radius 3 is 2.28 bits per heavy atom. The Morgan fingerprint density at radius 2 is 1.72 bits per heavy atom. The van der Waals surface area contributed by atoms with Gasteiger partial charge in [0.25, 0.3) is 0 Å². The highest BCUT2D eigenvalue weighted by Gasteiger charge is 2.05. The molecule has 0 aliphatic heterocycles. The minimum absolute atomic E-state index is 0.484. The molecule has 0 atom stereocenters. The van der Waals surface area contributed by atoms with Crippen LogP contribution >= 0.6 is 0 Å². The van der Waals surface area contributed by atoms with Gasteiger partial charge in [0.15, 0.2) is 0 Å². The molecule has 0 amide bonds. The van der Waals surface area contributed by atoms with Gasteiger partial charge in [0.1, 0.15) is 5.75 Å². The van der Waals surface area contributed by atoms with Gasteiger partial charge in [-0.1, -0.05) is 0 Å². The van der Waals surface area contributed by atoms with Gasteiger partial charge in [-0.3, -0.25) is 14.2 Å². The molecule has 2 rings (SSSR count). The molecule has 0 fully saturated rings. The van der Waals surface area contributed by atoms with E-state index in [0.717, 1.165) is 0 Å². The third-order valence-electron chi connectivity index (χ3n) is 2.75. The number of benzene rings is 1. The first-order valence-corrected chi connectivity index (χ1v) is 5.64. The Labute approximate surface area is 104 Å². The number of methoxy groups -OCH3 is 1. The summed E-state index contributed by atoms with van der Waals surface area (Å²) in [6, 6.07) is 6.95. The van der Waals surface area contributed by atoms with Crippen LogP contribution < -0.4 is 15.9 Å². The van der Waals surface area contributed by atoms with Crippen molar-refractivity contribution in [2.75, 3.05) is 7.11 Å². The highest BCUT2D eigenvalue weighted by Crippen LogP contribution is 2.12. The molecule has 0 aliphatic carbocycles. The molecular weight excluding hydrogens is 232 g/mol. The van der Waals surface area contributed by atoms with Crippen molar-refractivity contribution < 1.29 is 4.74 Å². The summed E-state index contributed by atoms with van der Waals surface area (Å²) in [5.74, 6) is 0.702. The van der Waals surface area contributed by atoms with Crippen molar-refractivity contribution in [3.63, 3.8) is 0 Å². The predicted octanol–water partition coefficient (Wildman–Crippen LogP) is 1.03. The predicted molar refractivity (Wildman–Crippen MR) is 68.5 cm³/mol. The number of ether oxygens (including phenoxy) is 1. The second-order valence-corrected chi connectivity index (χ2v) is 3.76. The van der Waals surface area contributed by atoms with E-state index in [1.807, 2.05) is 6.92 Å². The van der Waals surface area contributed by atoms with Gasteiger partial charge in [0.05, 0.1) is 7.11 Å². The van der Waals surface area contributed by atoms with Gasteiger partial charge < -0.3 is 9.30 Å². The maximum Gasteiger partial charge on any atom is 0.320 e. The van der Waals surface area contributed by atoms with Crippen molar-refractivity contribution in [2.45, 2.75) is 13.5 Å². The molecule has 0 spiro atoms. The lowest BCUT2D eigenvalue weighted by Gasteiger charge is -2.08. The Hall–Kier alpha value is -2.30. The van der Waals surface area contributed by atoms with E-state index >= 15 is 0 Å². The van der Waals surface area contributed by atoms with Crippen LogP contribution in [0.5, 0.6) is 5.75 Å². The maximum atomic E-state index is 11.9. The Morgan fingerprint density at radius 1 is 1.06 bits per heavy atom. The van der Waals surface area contributed by atoms with Crippen molar-refractivity contribution in [1.29, 1.82) is 0 Å². The van der Waals surface area contributed by atoms with Gasteiger partial charge in [-0.2, -0.15) is 0 Å². The van der Waals surface area contributed by atoms with Gasteiger partial charge in [0, 0.05) is 24.6 Å². The molecule has 0 saturated heterocycles. The molecule has 94 valence electrons. The Kier molecular flexibility index (Phi) is 3.32. The van der Waals surface area contributed by atoms with Gasteiger partial charge in [-0.25, -0.2) is 0 Å². The first kappa shape index (κ1) is 12.2. The molecule has 18 heavy (non-hydrogen) atoms. The van der Waals surface area contributed by atoms with Crippen LogP contribution in [0.3, 0.4) is 0 Å². The maximum absolute atomic E-state index is 11.9. The normalized spacial score (nSPS) is 10.3. The quantitative estimate of drug-likeness (QED) is 0.760.